The number of carbonyl (C=O) groups excluding carboxylic acids is 1. The number of nitrogens with zero attached hydrogens (tertiary/aromatic N) is 2. The molecule has 2 rings (SSSR count). The molecule has 0 fully saturated rings. The highest BCUT2D eigenvalue weighted by atomic mass is 16.2. The lowest BCUT2D eigenvalue weighted by Crippen LogP contribution is -2.35. The Hall–Kier alpha value is -2.27. The second-order valence-electron chi connectivity index (χ2n) is 4.13. The standard InChI is InChI=1S/C14H16N4O/c15-13(12-3-1-2-7-17-12)14(19)18-10-6-11-4-8-16-9-5-11/h1-5,7-9,13H,6,10,15H2,(H,18,19). The Labute approximate surface area is 111 Å². The van der Waals surface area contributed by atoms with E-state index in [4.69, 9.17) is 5.73 Å². The molecule has 0 aliphatic carbocycles. The molecule has 3 N–H and O–H groups in total. The lowest BCUT2D eigenvalue weighted by molar-refractivity contribution is -0.122. The third-order valence-corrected chi connectivity index (χ3v) is 2.75. The summed E-state index contributed by atoms with van der Waals surface area (Å²) in [7, 11) is 0. The van der Waals surface area contributed by atoms with Gasteiger partial charge in [0.1, 0.15) is 6.04 Å². The minimum absolute atomic E-state index is 0.215. The van der Waals surface area contributed by atoms with Gasteiger partial charge in [-0.2, -0.15) is 0 Å². The third kappa shape index (κ3) is 3.86. The van der Waals surface area contributed by atoms with Gasteiger partial charge in [0.25, 0.3) is 0 Å². The molecular weight excluding hydrogens is 240 g/mol. The van der Waals surface area contributed by atoms with Gasteiger partial charge in [-0.15, -0.1) is 0 Å². The van der Waals surface area contributed by atoms with Crippen molar-refractivity contribution >= 4 is 5.91 Å². The van der Waals surface area contributed by atoms with Gasteiger partial charge in [-0.1, -0.05) is 6.07 Å². The SMILES string of the molecule is NC(C(=O)NCCc1ccncc1)c1ccccn1. The second kappa shape index (κ2) is 6.61. The summed E-state index contributed by atoms with van der Waals surface area (Å²) < 4.78 is 0. The molecule has 0 saturated carbocycles. The molecule has 19 heavy (non-hydrogen) atoms. The van der Waals surface area contributed by atoms with E-state index in [0.29, 0.717) is 12.2 Å². The van der Waals surface area contributed by atoms with Gasteiger partial charge in [0, 0.05) is 25.1 Å². The van der Waals surface area contributed by atoms with Gasteiger partial charge in [0.2, 0.25) is 5.91 Å². The number of aromatic nitrogens is 2. The van der Waals surface area contributed by atoms with Crippen molar-refractivity contribution in [2.75, 3.05) is 6.54 Å². The van der Waals surface area contributed by atoms with E-state index in [1.807, 2.05) is 18.2 Å². The van der Waals surface area contributed by atoms with Gasteiger partial charge in [0.15, 0.2) is 0 Å². The van der Waals surface area contributed by atoms with Crippen LogP contribution in [-0.4, -0.2) is 22.4 Å². The summed E-state index contributed by atoms with van der Waals surface area (Å²) >= 11 is 0. The normalized spacial score (nSPS) is 11.8. The molecule has 2 aromatic heterocycles. The van der Waals surface area contributed by atoms with E-state index >= 15 is 0 Å². The van der Waals surface area contributed by atoms with Crippen LogP contribution in [0.15, 0.2) is 48.9 Å². The van der Waals surface area contributed by atoms with Crippen LogP contribution in [0.2, 0.25) is 0 Å². The second-order valence-corrected chi connectivity index (χ2v) is 4.13. The Morgan fingerprint density at radius 2 is 2.00 bits per heavy atom. The molecule has 0 spiro atoms. The zero-order valence-corrected chi connectivity index (χ0v) is 10.5. The van der Waals surface area contributed by atoms with Crippen molar-refractivity contribution in [1.29, 1.82) is 0 Å². The van der Waals surface area contributed by atoms with Gasteiger partial charge in [-0.3, -0.25) is 14.8 Å². The quantitative estimate of drug-likeness (QED) is 0.830. The van der Waals surface area contributed by atoms with Crippen LogP contribution in [0.25, 0.3) is 0 Å². The summed E-state index contributed by atoms with van der Waals surface area (Å²) in [5, 5.41) is 2.81. The van der Waals surface area contributed by atoms with Crippen molar-refractivity contribution in [3.05, 3.63) is 60.2 Å². The Morgan fingerprint density at radius 1 is 1.21 bits per heavy atom. The van der Waals surface area contributed by atoms with E-state index < -0.39 is 6.04 Å². The number of nitrogens with one attached hydrogen (secondary N) is 1. The van der Waals surface area contributed by atoms with Crippen molar-refractivity contribution in [1.82, 2.24) is 15.3 Å². The van der Waals surface area contributed by atoms with Gasteiger partial charge >= 0.3 is 0 Å². The minimum atomic E-state index is -0.723. The third-order valence-electron chi connectivity index (χ3n) is 2.75. The fourth-order valence-electron chi connectivity index (χ4n) is 1.68. The van der Waals surface area contributed by atoms with Crippen LogP contribution >= 0.6 is 0 Å². The van der Waals surface area contributed by atoms with Crippen LogP contribution < -0.4 is 11.1 Å². The van der Waals surface area contributed by atoms with E-state index in [2.05, 4.69) is 15.3 Å². The number of hydrogen-bond donors (Lipinski definition) is 2. The molecule has 0 aliphatic rings. The Kier molecular flexibility index (Phi) is 4.58. The maximum absolute atomic E-state index is 11.8. The fraction of sp³-hybridized carbons (Fsp3) is 0.214. The van der Waals surface area contributed by atoms with E-state index in [1.165, 1.54) is 0 Å². The molecule has 0 radical (unpaired) electrons. The van der Waals surface area contributed by atoms with E-state index in [-0.39, 0.29) is 5.91 Å². The van der Waals surface area contributed by atoms with E-state index in [1.54, 1.807) is 30.7 Å². The molecule has 2 aromatic rings. The topological polar surface area (TPSA) is 80.9 Å². The Bertz CT molecular complexity index is 515. The average molecular weight is 256 g/mol. The molecule has 2 heterocycles. The fourth-order valence-corrected chi connectivity index (χ4v) is 1.68. The summed E-state index contributed by atoms with van der Waals surface area (Å²) in [6, 6.07) is 8.46. The first-order valence-electron chi connectivity index (χ1n) is 6.10. The first kappa shape index (κ1) is 13.2. The molecule has 0 bridgehead atoms. The summed E-state index contributed by atoms with van der Waals surface area (Å²) in [4.78, 5) is 19.9. The van der Waals surface area contributed by atoms with Gasteiger partial charge in [0.05, 0.1) is 5.69 Å². The van der Waals surface area contributed by atoms with Crippen LogP contribution in [0.1, 0.15) is 17.3 Å². The van der Waals surface area contributed by atoms with Gasteiger partial charge < -0.3 is 11.1 Å². The van der Waals surface area contributed by atoms with Gasteiger partial charge in [-0.25, -0.2) is 0 Å². The lowest BCUT2D eigenvalue weighted by Gasteiger charge is -2.11. The van der Waals surface area contributed by atoms with Crippen LogP contribution in [0.4, 0.5) is 0 Å². The summed E-state index contributed by atoms with van der Waals surface area (Å²) in [6.07, 6.45) is 5.84. The first-order chi connectivity index (χ1) is 9.27. The number of carbonyl (C=O) groups is 1. The minimum Gasteiger partial charge on any atom is -0.354 e. The smallest absolute Gasteiger partial charge is 0.243 e. The van der Waals surface area contributed by atoms with Crippen molar-refractivity contribution < 1.29 is 4.79 Å². The molecule has 5 nitrogen and oxygen atoms in total. The van der Waals surface area contributed by atoms with Crippen molar-refractivity contribution in [3.63, 3.8) is 0 Å². The molecule has 0 saturated heterocycles. The molecule has 5 heteroatoms. The molecular formula is C14H16N4O. The van der Waals surface area contributed by atoms with E-state index in [9.17, 15) is 4.79 Å². The van der Waals surface area contributed by atoms with Crippen molar-refractivity contribution in [2.45, 2.75) is 12.5 Å². The Balaban J connectivity index is 1.82. The van der Waals surface area contributed by atoms with Crippen LogP contribution in [0.5, 0.6) is 0 Å². The highest BCUT2D eigenvalue weighted by Gasteiger charge is 2.15. The molecule has 0 aromatic carbocycles. The number of rotatable bonds is 5. The number of amides is 1. The highest BCUT2D eigenvalue weighted by Crippen LogP contribution is 2.05. The molecule has 0 aliphatic heterocycles. The monoisotopic (exact) mass is 256 g/mol. The van der Waals surface area contributed by atoms with Crippen molar-refractivity contribution in [2.24, 2.45) is 5.73 Å². The lowest BCUT2D eigenvalue weighted by atomic mass is 10.1. The molecule has 98 valence electrons. The van der Waals surface area contributed by atoms with E-state index in [0.717, 1.165) is 12.0 Å². The predicted molar refractivity (Wildman–Crippen MR) is 72.1 cm³/mol. The molecule has 1 amide bonds. The number of nitrogens with two attached hydrogens (primary N) is 1. The predicted octanol–water partition coefficient (Wildman–Crippen LogP) is 0.835. The molecule has 1 atom stereocenters. The highest BCUT2D eigenvalue weighted by molar-refractivity contribution is 5.82. The van der Waals surface area contributed by atoms with Crippen molar-refractivity contribution in [3.8, 4) is 0 Å². The number of pyridine rings is 2. The average Bonchev–Trinajstić information content (AvgIpc) is 2.48. The zero-order chi connectivity index (χ0) is 13.5. The van der Waals surface area contributed by atoms with Crippen LogP contribution in [0.3, 0.4) is 0 Å². The largest absolute Gasteiger partial charge is 0.354 e. The first-order valence-corrected chi connectivity index (χ1v) is 6.10. The van der Waals surface area contributed by atoms with Crippen LogP contribution in [-0.2, 0) is 11.2 Å². The molecule has 1 unspecified atom stereocenters. The Morgan fingerprint density at radius 3 is 2.68 bits per heavy atom. The van der Waals surface area contributed by atoms with Gasteiger partial charge in [-0.05, 0) is 36.2 Å². The zero-order valence-electron chi connectivity index (χ0n) is 10.5. The summed E-state index contributed by atoms with van der Waals surface area (Å²) in [6.45, 7) is 0.545. The maximum atomic E-state index is 11.8. The number of hydrogen-bond acceptors (Lipinski definition) is 4. The summed E-state index contributed by atoms with van der Waals surface area (Å²) in [5.41, 5.74) is 7.53. The maximum Gasteiger partial charge on any atom is 0.243 e. The summed E-state index contributed by atoms with van der Waals surface area (Å²) in [5.74, 6) is -0.215. The van der Waals surface area contributed by atoms with Crippen LogP contribution in [0, 0.1) is 0 Å².